The van der Waals surface area contributed by atoms with Crippen molar-refractivity contribution in [1.29, 1.82) is 0 Å². The summed E-state index contributed by atoms with van der Waals surface area (Å²) in [6.45, 7) is 6.67. The Hall–Kier alpha value is -0.720. The number of rotatable bonds is 1. The fraction of sp³-hybridized carbons (Fsp3) is 0. The van der Waals surface area contributed by atoms with E-state index in [9.17, 15) is 0 Å². The molecule has 0 spiro atoms. The fourth-order valence-corrected chi connectivity index (χ4v) is 0. The second-order valence-electron chi connectivity index (χ2n) is 0.779. The second-order valence-corrected chi connectivity index (χ2v) is 0.779. The first-order valence-corrected chi connectivity index (χ1v) is 1.34. The molecule has 0 atom stereocenters. The third-order valence-corrected chi connectivity index (χ3v) is 0.262. The summed E-state index contributed by atoms with van der Waals surface area (Å²) in [5.74, 6) is 0. The molecule has 1 heteroatoms. The highest BCUT2D eigenvalue weighted by Gasteiger charge is 1.58. The molecule has 0 rings (SSSR count). The molecule has 0 radical (unpaired) electrons. The Morgan fingerprint density at radius 2 is 2.00 bits per heavy atom. The van der Waals surface area contributed by atoms with Crippen molar-refractivity contribution in [3.63, 3.8) is 0 Å². The van der Waals surface area contributed by atoms with Crippen molar-refractivity contribution >= 4 is 0 Å². The van der Waals surface area contributed by atoms with Crippen molar-refractivity contribution in [2.75, 3.05) is 0 Å². The molecule has 0 aliphatic carbocycles. The molecule has 0 fully saturated rings. The van der Waals surface area contributed by atoms with E-state index in [1.165, 1.54) is 6.08 Å². The Kier molecular flexibility index (Phi) is 1.36. The molecular weight excluding hydrogens is 62.1 g/mol. The Morgan fingerprint density at radius 3 is 2.00 bits per heavy atom. The standard InChI is InChI=1S/C4H7N/c1-3-4(2)5/h3H,1-2,5H2. The van der Waals surface area contributed by atoms with E-state index >= 15 is 0 Å². The van der Waals surface area contributed by atoms with Crippen LogP contribution in [0.25, 0.3) is 0 Å². The Morgan fingerprint density at radius 1 is 1.80 bits per heavy atom. The molecule has 1 nitrogen and oxygen atoms in total. The van der Waals surface area contributed by atoms with Gasteiger partial charge in [0, 0.05) is 5.70 Å². The minimum atomic E-state index is 0.519. The van der Waals surface area contributed by atoms with Gasteiger partial charge in [-0.15, -0.1) is 0 Å². The summed E-state index contributed by atoms with van der Waals surface area (Å²) in [6.07, 6.45) is 1.50. The molecule has 0 aromatic carbocycles. The van der Waals surface area contributed by atoms with E-state index in [0.29, 0.717) is 5.70 Å². The van der Waals surface area contributed by atoms with E-state index in [1.807, 2.05) is 0 Å². The monoisotopic (exact) mass is 69.1 g/mol. The van der Waals surface area contributed by atoms with Gasteiger partial charge in [-0.05, 0) is 6.08 Å². The summed E-state index contributed by atoms with van der Waals surface area (Å²) in [5, 5.41) is 0. The van der Waals surface area contributed by atoms with Crippen LogP contribution in [0.1, 0.15) is 0 Å². The smallest absolute Gasteiger partial charge is 0.0234 e. The van der Waals surface area contributed by atoms with Crippen LogP contribution in [0.3, 0.4) is 0 Å². The molecule has 5 heavy (non-hydrogen) atoms. The van der Waals surface area contributed by atoms with Crippen molar-refractivity contribution in [1.82, 2.24) is 0 Å². The largest absolute Gasteiger partial charge is 0.399 e. The highest BCUT2D eigenvalue weighted by Crippen LogP contribution is 1.69. The first kappa shape index (κ1) is 4.28. The van der Waals surface area contributed by atoms with E-state index in [-0.39, 0.29) is 0 Å². The summed E-state index contributed by atoms with van der Waals surface area (Å²) < 4.78 is 0. The van der Waals surface area contributed by atoms with Gasteiger partial charge in [-0.3, -0.25) is 0 Å². The molecule has 0 aromatic rings. The van der Waals surface area contributed by atoms with Crippen LogP contribution in [0, 0.1) is 0 Å². The van der Waals surface area contributed by atoms with E-state index in [1.54, 1.807) is 0 Å². The molecule has 0 amide bonds. The third-order valence-electron chi connectivity index (χ3n) is 0.262. The molecule has 0 heterocycles. The molecule has 2 N–H and O–H groups in total. The first-order chi connectivity index (χ1) is 2.27. The van der Waals surface area contributed by atoms with E-state index < -0.39 is 0 Å². The number of allylic oxidation sites excluding steroid dienone is 1. The quantitative estimate of drug-likeness (QED) is 0.449. The van der Waals surface area contributed by atoms with Gasteiger partial charge in [0.2, 0.25) is 0 Å². The average Bonchev–Trinajstić information content (AvgIpc) is 1.38. The number of nitrogens with two attached hydrogens (primary N) is 1. The average molecular weight is 69.1 g/mol. The lowest BCUT2D eigenvalue weighted by Crippen LogP contribution is -1.86. The summed E-state index contributed by atoms with van der Waals surface area (Å²) >= 11 is 0. The maximum absolute atomic E-state index is 4.98. The van der Waals surface area contributed by atoms with Crippen LogP contribution in [-0.4, -0.2) is 0 Å². The molecule has 0 aromatic heterocycles. The predicted octanol–water partition coefficient (Wildman–Crippen LogP) is 0.645. The van der Waals surface area contributed by atoms with Crippen molar-refractivity contribution < 1.29 is 0 Å². The summed E-state index contributed by atoms with van der Waals surface area (Å²) in [5.41, 5.74) is 5.50. The normalized spacial score (nSPS) is 6.40. The molecule has 0 aliphatic rings. The predicted molar refractivity (Wildman–Crippen MR) is 23.5 cm³/mol. The van der Waals surface area contributed by atoms with Gasteiger partial charge in [0.05, 0.1) is 0 Å². The molecule has 0 unspecified atom stereocenters. The SMILES string of the molecule is C=CC(=C)N. The maximum atomic E-state index is 4.98. The van der Waals surface area contributed by atoms with Crippen LogP contribution in [-0.2, 0) is 0 Å². The van der Waals surface area contributed by atoms with Gasteiger partial charge < -0.3 is 5.73 Å². The molecule has 0 saturated carbocycles. The van der Waals surface area contributed by atoms with E-state index in [0.717, 1.165) is 0 Å². The Balaban J connectivity index is 3.20. The minimum absolute atomic E-state index is 0.519. The summed E-state index contributed by atoms with van der Waals surface area (Å²) in [6, 6.07) is 0. The zero-order chi connectivity index (χ0) is 4.28. The van der Waals surface area contributed by atoms with Gasteiger partial charge in [0.15, 0.2) is 0 Å². The lowest BCUT2D eigenvalue weighted by atomic mass is 10.5. The Bertz CT molecular complexity index is 54.7. The first-order valence-electron chi connectivity index (χ1n) is 1.34. The van der Waals surface area contributed by atoms with Crippen LogP contribution >= 0.6 is 0 Å². The Labute approximate surface area is 31.8 Å². The zero-order valence-electron chi connectivity index (χ0n) is 3.07. The molecule has 28 valence electrons. The van der Waals surface area contributed by atoms with Crippen LogP contribution < -0.4 is 5.73 Å². The van der Waals surface area contributed by atoms with Crippen molar-refractivity contribution in [3.05, 3.63) is 24.9 Å². The molecular formula is C4H7N. The van der Waals surface area contributed by atoms with Gasteiger partial charge >= 0.3 is 0 Å². The maximum Gasteiger partial charge on any atom is 0.0234 e. The van der Waals surface area contributed by atoms with E-state index in [2.05, 4.69) is 13.2 Å². The van der Waals surface area contributed by atoms with Crippen LogP contribution in [0.2, 0.25) is 0 Å². The molecule has 0 aliphatic heterocycles. The number of hydrogen-bond donors (Lipinski definition) is 1. The molecule has 0 bridgehead atoms. The van der Waals surface area contributed by atoms with Crippen molar-refractivity contribution in [2.24, 2.45) is 5.73 Å². The van der Waals surface area contributed by atoms with E-state index in [4.69, 9.17) is 5.73 Å². The van der Waals surface area contributed by atoms with Crippen molar-refractivity contribution in [3.8, 4) is 0 Å². The third kappa shape index (κ3) is 3.28. The summed E-state index contributed by atoms with van der Waals surface area (Å²) in [4.78, 5) is 0. The minimum Gasteiger partial charge on any atom is -0.399 e. The fourth-order valence-electron chi connectivity index (χ4n) is 0. The van der Waals surface area contributed by atoms with Gasteiger partial charge in [0.1, 0.15) is 0 Å². The molecule has 0 saturated heterocycles. The number of hydrogen-bond acceptors (Lipinski definition) is 1. The lowest BCUT2D eigenvalue weighted by Gasteiger charge is -1.74. The second kappa shape index (κ2) is 1.58. The van der Waals surface area contributed by atoms with Crippen molar-refractivity contribution in [2.45, 2.75) is 0 Å². The van der Waals surface area contributed by atoms with Gasteiger partial charge in [0.25, 0.3) is 0 Å². The van der Waals surface area contributed by atoms with Crippen LogP contribution in [0.5, 0.6) is 0 Å². The topological polar surface area (TPSA) is 26.0 Å². The van der Waals surface area contributed by atoms with Crippen LogP contribution in [0.15, 0.2) is 24.9 Å². The van der Waals surface area contributed by atoms with Gasteiger partial charge in [-0.25, -0.2) is 0 Å². The van der Waals surface area contributed by atoms with Gasteiger partial charge in [-0.1, -0.05) is 13.2 Å². The highest BCUT2D eigenvalue weighted by atomic mass is 14.5. The van der Waals surface area contributed by atoms with Gasteiger partial charge in [-0.2, -0.15) is 0 Å². The lowest BCUT2D eigenvalue weighted by molar-refractivity contribution is 1.46. The zero-order valence-corrected chi connectivity index (χ0v) is 3.07. The van der Waals surface area contributed by atoms with Crippen LogP contribution in [0.4, 0.5) is 0 Å². The summed E-state index contributed by atoms with van der Waals surface area (Å²) in [7, 11) is 0. The highest BCUT2D eigenvalue weighted by molar-refractivity contribution is 5.04.